The zero-order chi connectivity index (χ0) is 12.7. The van der Waals surface area contributed by atoms with Crippen molar-refractivity contribution in [2.45, 2.75) is 12.5 Å². The maximum Gasteiger partial charge on any atom is 0.308 e. The van der Waals surface area contributed by atoms with Gasteiger partial charge < -0.3 is 15.3 Å². The molecule has 2 atom stereocenters. The van der Waals surface area contributed by atoms with E-state index in [1.165, 1.54) is 0 Å². The van der Waals surface area contributed by atoms with E-state index >= 15 is 0 Å². The summed E-state index contributed by atoms with van der Waals surface area (Å²) in [5, 5.41) is 21.2. The number of nitrogens with one attached hydrogen (secondary N) is 1. The van der Waals surface area contributed by atoms with Gasteiger partial charge in [-0.15, -0.1) is 0 Å². The van der Waals surface area contributed by atoms with Crippen molar-refractivity contribution >= 4 is 17.3 Å². The zero-order valence-corrected chi connectivity index (χ0v) is 9.76. The van der Waals surface area contributed by atoms with Crippen LogP contribution in [0.5, 0.6) is 0 Å². The first-order valence-electron chi connectivity index (χ1n) is 5.98. The molecule has 1 aromatic rings. The molecule has 3 rings (SSSR count). The Bertz CT molecular complexity index is 550. The summed E-state index contributed by atoms with van der Waals surface area (Å²) in [7, 11) is 0. The first kappa shape index (κ1) is 10.9. The molecule has 92 valence electrons. The fourth-order valence-electron chi connectivity index (χ4n) is 2.56. The van der Waals surface area contributed by atoms with Gasteiger partial charge in [0.25, 0.3) is 0 Å². The van der Waals surface area contributed by atoms with Crippen molar-refractivity contribution < 1.29 is 9.90 Å². The Hall–Kier alpha value is -2.22. The van der Waals surface area contributed by atoms with Crippen molar-refractivity contribution in [2.24, 2.45) is 5.92 Å². The number of carboxylic acids is 1. The second-order valence-corrected chi connectivity index (χ2v) is 4.71. The first-order chi connectivity index (χ1) is 8.70. The van der Waals surface area contributed by atoms with Gasteiger partial charge in [-0.2, -0.15) is 5.26 Å². The lowest BCUT2D eigenvalue weighted by atomic mass is 10.1. The largest absolute Gasteiger partial charge is 0.481 e. The molecule has 0 aromatic heterocycles. The summed E-state index contributed by atoms with van der Waals surface area (Å²) in [5.41, 5.74) is 2.54. The van der Waals surface area contributed by atoms with Crippen LogP contribution in [-0.2, 0) is 4.79 Å². The van der Waals surface area contributed by atoms with Gasteiger partial charge in [0.05, 0.1) is 28.9 Å². The molecule has 0 bridgehead atoms. The third-order valence-corrected chi connectivity index (χ3v) is 3.58. The highest BCUT2D eigenvalue weighted by molar-refractivity contribution is 5.79. The number of rotatable bonds is 2. The number of hydrogen-bond acceptors (Lipinski definition) is 4. The third kappa shape index (κ3) is 1.66. The third-order valence-electron chi connectivity index (χ3n) is 3.58. The minimum absolute atomic E-state index is 0.0808. The molecular weight excluding hydrogens is 230 g/mol. The molecule has 0 saturated heterocycles. The predicted octanol–water partition coefficient (Wildman–Crippen LogP) is 1.26. The fourth-order valence-corrected chi connectivity index (χ4v) is 2.56. The van der Waals surface area contributed by atoms with Crippen molar-refractivity contribution in [1.82, 2.24) is 0 Å². The number of anilines is 2. The molecule has 0 amide bonds. The summed E-state index contributed by atoms with van der Waals surface area (Å²) >= 11 is 0. The van der Waals surface area contributed by atoms with Gasteiger partial charge in [0, 0.05) is 19.1 Å². The highest BCUT2D eigenvalue weighted by atomic mass is 16.4. The number of carbonyl (C=O) groups is 1. The summed E-state index contributed by atoms with van der Waals surface area (Å²) in [4.78, 5) is 13.1. The van der Waals surface area contributed by atoms with Gasteiger partial charge >= 0.3 is 5.97 Å². The van der Waals surface area contributed by atoms with E-state index in [1.54, 1.807) is 6.07 Å². The van der Waals surface area contributed by atoms with Crippen LogP contribution in [0.15, 0.2) is 18.2 Å². The number of benzene rings is 1. The molecule has 18 heavy (non-hydrogen) atoms. The van der Waals surface area contributed by atoms with Crippen molar-refractivity contribution in [3.05, 3.63) is 23.8 Å². The Morgan fingerprint density at radius 2 is 2.39 bits per heavy atom. The number of carboxylic acid groups (broad SMARTS) is 1. The smallest absolute Gasteiger partial charge is 0.308 e. The molecular formula is C13H13N3O2. The molecule has 0 radical (unpaired) electrons. The predicted molar refractivity (Wildman–Crippen MR) is 66.5 cm³/mol. The van der Waals surface area contributed by atoms with Crippen LogP contribution < -0.4 is 10.2 Å². The lowest BCUT2D eigenvalue weighted by Gasteiger charge is -2.32. The highest BCUT2D eigenvalue weighted by Crippen LogP contribution is 2.42. The molecule has 0 spiro atoms. The monoisotopic (exact) mass is 243 g/mol. The van der Waals surface area contributed by atoms with Gasteiger partial charge in [-0.3, -0.25) is 4.79 Å². The lowest BCUT2D eigenvalue weighted by molar-refractivity contribution is -0.138. The van der Waals surface area contributed by atoms with E-state index in [-0.39, 0.29) is 12.0 Å². The van der Waals surface area contributed by atoms with Crippen molar-refractivity contribution in [3.63, 3.8) is 0 Å². The molecule has 1 saturated carbocycles. The first-order valence-corrected chi connectivity index (χ1v) is 5.98. The minimum atomic E-state index is -0.725. The normalized spacial score (nSPS) is 24.7. The molecule has 5 nitrogen and oxygen atoms in total. The maximum atomic E-state index is 11.0. The molecule has 1 aliphatic carbocycles. The fraction of sp³-hybridized carbons (Fsp3) is 0.385. The van der Waals surface area contributed by atoms with Crippen LogP contribution in [0.1, 0.15) is 12.0 Å². The molecule has 2 N–H and O–H groups in total. The molecule has 1 aromatic carbocycles. The standard InChI is InChI=1S/C13H13N3O2/c14-7-8-1-2-10-12(5-8)16(4-3-15-10)11-6-9(11)13(17)18/h1-2,5,9,11,15H,3-4,6H2,(H,17,18). The van der Waals surface area contributed by atoms with E-state index in [0.717, 1.165) is 24.5 Å². The van der Waals surface area contributed by atoms with E-state index < -0.39 is 5.97 Å². The second kappa shape index (κ2) is 3.91. The van der Waals surface area contributed by atoms with Crippen LogP contribution in [0.3, 0.4) is 0 Å². The van der Waals surface area contributed by atoms with Crippen LogP contribution in [0.2, 0.25) is 0 Å². The lowest BCUT2D eigenvalue weighted by Crippen LogP contribution is -2.37. The van der Waals surface area contributed by atoms with Crippen LogP contribution in [0, 0.1) is 17.2 Å². The second-order valence-electron chi connectivity index (χ2n) is 4.71. The summed E-state index contributed by atoms with van der Waals surface area (Å²) in [6.07, 6.45) is 0.700. The molecule has 1 aliphatic heterocycles. The number of hydrogen-bond donors (Lipinski definition) is 2. The van der Waals surface area contributed by atoms with Gasteiger partial charge in [-0.05, 0) is 24.6 Å². The Kier molecular flexibility index (Phi) is 2.37. The van der Waals surface area contributed by atoms with Crippen LogP contribution in [0.4, 0.5) is 11.4 Å². The summed E-state index contributed by atoms with van der Waals surface area (Å²) in [6.45, 7) is 1.60. The van der Waals surface area contributed by atoms with E-state index in [9.17, 15) is 4.79 Å². The van der Waals surface area contributed by atoms with E-state index in [1.807, 2.05) is 12.1 Å². The minimum Gasteiger partial charge on any atom is -0.481 e. The molecule has 5 heteroatoms. The van der Waals surface area contributed by atoms with E-state index in [4.69, 9.17) is 10.4 Å². The number of nitrogens with zero attached hydrogens (tertiary/aromatic N) is 2. The molecule has 1 heterocycles. The van der Waals surface area contributed by atoms with Gasteiger partial charge in [0.15, 0.2) is 0 Å². The Labute approximate surface area is 105 Å². The van der Waals surface area contributed by atoms with Crippen molar-refractivity contribution in [2.75, 3.05) is 23.3 Å². The van der Waals surface area contributed by atoms with Gasteiger partial charge in [-0.1, -0.05) is 0 Å². The average Bonchev–Trinajstić information content (AvgIpc) is 3.17. The molecule has 2 unspecified atom stereocenters. The summed E-state index contributed by atoms with van der Waals surface area (Å²) in [6, 6.07) is 7.69. The highest BCUT2D eigenvalue weighted by Gasteiger charge is 2.48. The summed E-state index contributed by atoms with van der Waals surface area (Å²) < 4.78 is 0. The average molecular weight is 243 g/mol. The van der Waals surface area contributed by atoms with Crippen molar-refractivity contribution in [3.8, 4) is 6.07 Å². The van der Waals surface area contributed by atoms with Crippen LogP contribution in [-0.4, -0.2) is 30.2 Å². The Balaban J connectivity index is 1.92. The van der Waals surface area contributed by atoms with Crippen molar-refractivity contribution in [1.29, 1.82) is 5.26 Å². The van der Waals surface area contributed by atoms with E-state index in [2.05, 4.69) is 16.3 Å². The maximum absolute atomic E-state index is 11.0. The van der Waals surface area contributed by atoms with Crippen LogP contribution in [0.25, 0.3) is 0 Å². The number of aliphatic carboxylic acids is 1. The van der Waals surface area contributed by atoms with Gasteiger partial charge in [0.2, 0.25) is 0 Å². The van der Waals surface area contributed by atoms with E-state index in [0.29, 0.717) is 12.0 Å². The Morgan fingerprint density at radius 1 is 1.56 bits per heavy atom. The zero-order valence-electron chi connectivity index (χ0n) is 9.76. The van der Waals surface area contributed by atoms with Gasteiger partial charge in [0.1, 0.15) is 0 Å². The molecule has 1 fully saturated rings. The molecule has 2 aliphatic rings. The van der Waals surface area contributed by atoms with Gasteiger partial charge in [-0.25, -0.2) is 0 Å². The number of fused-ring (bicyclic) bond motifs is 1. The van der Waals surface area contributed by atoms with Crippen LogP contribution >= 0.6 is 0 Å². The number of nitriles is 1. The SMILES string of the molecule is N#Cc1ccc2c(c1)N(C1CC1C(=O)O)CCN2. The quantitative estimate of drug-likeness (QED) is 0.817. The Morgan fingerprint density at radius 3 is 3.06 bits per heavy atom. The topological polar surface area (TPSA) is 76.4 Å². The summed E-state index contributed by atoms with van der Waals surface area (Å²) in [5.74, 6) is -0.988.